The quantitative estimate of drug-likeness (QED) is 0.768. The lowest BCUT2D eigenvalue weighted by Crippen LogP contribution is -3.27. The summed E-state index contributed by atoms with van der Waals surface area (Å²) in [6.07, 6.45) is -4.24. The molecule has 0 radical (unpaired) electrons. The van der Waals surface area contributed by atoms with Crippen LogP contribution in [-0.4, -0.2) is 32.7 Å². The maximum atomic E-state index is 12.9. The van der Waals surface area contributed by atoms with Crippen LogP contribution in [0.15, 0.2) is 24.3 Å². The minimum atomic E-state index is -4.24. The molecule has 1 saturated heterocycles. The van der Waals surface area contributed by atoms with Gasteiger partial charge in [-0.2, -0.15) is 13.2 Å². The molecule has 2 rings (SSSR count). The Morgan fingerprint density at radius 1 is 1.00 bits per heavy atom. The molecule has 1 aliphatic heterocycles. The molecule has 0 bridgehead atoms. The van der Waals surface area contributed by atoms with E-state index in [1.807, 2.05) is 0 Å². The summed E-state index contributed by atoms with van der Waals surface area (Å²) in [6.45, 7) is 7.75. The number of quaternary nitrogens is 2. The summed E-state index contributed by atoms with van der Waals surface area (Å²) in [5.74, 6) is 0. The van der Waals surface area contributed by atoms with E-state index in [1.54, 1.807) is 17.0 Å². The van der Waals surface area contributed by atoms with E-state index < -0.39 is 11.7 Å². The van der Waals surface area contributed by atoms with E-state index in [-0.39, 0.29) is 0 Å². The fourth-order valence-electron chi connectivity index (χ4n) is 2.71. The second-order valence-electron chi connectivity index (χ2n) is 5.19. The number of alkyl halides is 3. The highest BCUT2D eigenvalue weighted by Gasteiger charge is 2.34. The standard InChI is InChI=1S/C14H19F3N2/c1-2-18-7-9-19(10-8-18)11-12-5-3-4-6-13(12)14(15,16)17/h3-6H,2,7-11H2,1H3/p+2. The van der Waals surface area contributed by atoms with Gasteiger partial charge in [-0.1, -0.05) is 18.2 Å². The Bertz CT molecular complexity index is 409. The highest BCUT2D eigenvalue weighted by Crippen LogP contribution is 2.31. The molecule has 0 aromatic heterocycles. The molecular weight excluding hydrogens is 253 g/mol. The lowest BCUT2D eigenvalue weighted by atomic mass is 10.1. The van der Waals surface area contributed by atoms with Gasteiger partial charge in [0.2, 0.25) is 0 Å². The monoisotopic (exact) mass is 274 g/mol. The summed E-state index contributed by atoms with van der Waals surface area (Å²) in [5.41, 5.74) is -0.0577. The summed E-state index contributed by atoms with van der Waals surface area (Å²) in [5, 5.41) is 0. The molecule has 0 amide bonds. The maximum Gasteiger partial charge on any atom is 0.416 e. The number of nitrogens with one attached hydrogen (secondary N) is 2. The van der Waals surface area contributed by atoms with Crippen molar-refractivity contribution in [2.75, 3.05) is 32.7 Å². The molecule has 1 heterocycles. The molecule has 0 unspecified atom stereocenters. The SMILES string of the molecule is CC[NH+]1CC[NH+](Cc2ccccc2C(F)(F)F)CC1. The lowest BCUT2D eigenvalue weighted by Gasteiger charge is -2.29. The van der Waals surface area contributed by atoms with Gasteiger partial charge in [0, 0.05) is 5.56 Å². The van der Waals surface area contributed by atoms with Crippen molar-refractivity contribution >= 4 is 0 Å². The van der Waals surface area contributed by atoms with E-state index in [9.17, 15) is 13.2 Å². The van der Waals surface area contributed by atoms with Crippen LogP contribution in [0.5, 0.6) is 0 Å². The first-order chi connectivity index (χ1) is 9.00. The minimum absolute atomic E-state index is 0.421. The van der Waals surface area contributed by atoms with Crippen molar-refractivity contribution in [3.63, 3.8) is 0 Å². The highest BCUT2D eigenvalue weighted by molar-refractivity contribution is 5.28. The van der Waals surface area contributed by atoms with E-state index in [0.29, 0.717) is 12.1 Å². The van der Waals surface area contributed by atoms with E-state index >= 15 is 0 Å². The van der Waals surface area contributed by atoms with Gasteiger partial charge < -0.3 is 9.80 Å². The third-order valence-electron chi connectivity index (χ3n) is 3.93. The van der Waals surface area contributed by atoms with Crippen LogP contribution in [0.4, 0.5) is 13.2 Å². The summed E-state index contributed by atoms with van der Waals surface area (Å²) >= 11 is 0. The van der Waals surface area contributed by atoms with E-state index in [0.717, 1.165) is 32.7 Å². The fourth-order valence-corrected chi connectivity index (χ4v) is 2.71. The van der Waals surface area contributed by atoms with E-state index in [2.05, 4.69) is 6.92 Å². The van der Waals surface area contributed by atoms with Crippen LogP contribution >= 0.6 is 0 Å². The predicted octanol–water partition coefficient (Wildman–Crippen LogP) is 0.00870. The van der Waals surface area contributed by atoms with Crippen molar-refractivity contribution in [1.29, 1.82) is 0 Å². The Balaban J connectivity index is 2.04. The van der Waals surface area contributed by atoms with Crippen molar-refractivity contribution in [3.05, 3.63) is 35.4 Å². The van der Waals surface area contributed by atoms with Gasteiger partial charge in [-0.05, 0) is 13.0 Å². The van der Waals surface area contributed by atoms with Crippen LogP contribution in [0.3, 0.4) is 0 Å². The summed E-state index contributed by atoms with van der Waals surface area (Å²) < 4.78 is 38.7. The van der Waals surface area contributed by atoms with Crippen LogP contribution in [0.25, 0.3) is 0 Å². The molecule has 1 aliphatic rings. The predicted molar refractivity (Wildman–Crippen MR) is 67.1 cm³/mol. The molecule has 106 valence electrons. The van der Waals surface area contributed by atoms with Gasteiger partial charge in [-0.15, -0.1) is 0 Å². The van der Waals surface area contributed by atoms with Crippen LogP contribution in [0.2, 0.25) is 0 Å². The summed E-state index contributed by atoms with van der Waals surface area (Å²) in [4.78, 5) is 2.81. The number of piperazine rings is 1. The Kier molecular flexibility index (Phi) is 4.47. The van der Waals surface area contributed by atoms with Gasteiger partial charge in [0.1, 0.15) is 32.7 Å². The number of benzene rings is 1. The first-order valence-corrected chi connectivity index (χ1v) is 6.83. The Labute approximate surface area is 111 Å². The van der Waals surface area contributed by atoms with Gasteiger partial charge in [0.15, 0.2) is 0 Å². The van der Waals surface area contributed by atoms with Crippen LogP contribution in [0.1, 0.15) is 18.1 Å². The fraction of sp³-hybridized carbons (Fsp3) is 0.571. The molecular formula is C14H21F3N2+2. The molecule has 1 aromatic carbocycles. The van der Waals surface area contributed by atoms with Crippen molar-refractivity contribution in [3.8, 4) is 0 Å². The second kappa shape index (κ2) is 5.92. The number of hydrogen-bond acceptors (Lipinski definition) is 0. The maximum absolute atomic E-state index is 12.9. The molecule has 0 saturated carbocycles. The third kappa shape index (κ3) is 3.70. The van der Waals surface area contributed by atoms with Gasteiger partial charge in [0.05, 0.1) is 12.1 Å². The Hall–Kier alpha value is -1.07. The molecule has 1 fully saturated rings. The third-order valence-corrected chi connectivity index (χ3v) is 3.93. The topological polar surface area (TPSA) is 8.88 Å². The largest absolute Gasteiger partial charge is 0.416 e. The molecule has 1 aromatic rings. The van der Waals surface area contributed by atoms with Crippen molar-refractivity contribution < 1.29 is 23.0 Å². The van der Waals surface area contributed by atoms with Crippen molar-refractivity contribution in [2.24, 2.45) is 0 Å². The highest BCUT2D eigenvalue weighted by atomic mass is 19.4. The zero-order valence-corrected chi connectivity index (χ0v) is 11.2. The zero-order chi connectivity index (χ0) is 13.9. The molecule has 0 aliphatic carbocycles. The summed E-state index contributed by atoms with van der Waals surface area (Å²) in [6, 6.07) is 5.94. The number of likely N-dealkylation sites (N-methyl/N-ethyl adjacent to an activating group) is 1. The molecule has 0 atom stereocenters. The first kappa shape index (κ1) is 14.3. The molecule has 5 heteroatoms. The smallest absolute Gasteiger partial charge is 0.326 e. The molecule has 0 spiro atoms. The number of rotatable bonds is 3. The second-order valence-corrected chi connectivity index (χ2v) is 5.19. The van der Waals surface area contributed by atoms with Gasteiger partial charge in [0.25, 0.3) is 0 Å². The normalized spacial score (nSPS) is 24.4. The van der Waals surface area contributed by atoms with Crippen LogP contribution in [0, 0.1) is 0 Å². The molecule has 2 N–H and O–H groups in total. The van der Waals surface area contributed by atoms with E-state index in [4.69, 9.17) is 0 Å². The average molecular weight is 274 g/mol. The van der Waals surface area contributed by atoms with Gasteiger partial charge >= 0.3 is 6.18 Å². The Morgan fingerprint density at radius 3 is 2.16 bits per heavy atom. The van der Waals surface area contributed by atoms with Gasteiger partial charge in [-0.25, -0.2) is 0 Å². The first-order valence-electron chi connectivity index (χ1n) is 6.83. The molecule has 19 heavy (non-hydrogen) atoms. The van der Waals surface area contributed by atoms with Gasteiger partial charge in [-0.3, -0.25) is 0 Å². The average Bonchev–Trinajstić information content (AvgIpc) is 2.39. The zero-order valence-electron chi connectivity index (χ0n) is 11.2. The minimum Gasteiger partial charge on any atom is -0.326 e. The Morgan fingerprint density at radius 2 is 1.58 bits per heavy atom. The number of halogens is 3. The molecule has 2 nitrogen and oxygen atoms in total. The number of hydrogen-bond donors (Lipinski definition) is 2. The lowest BCUT2D eigenvalue weighted by molar-refractivity contribution is -1.02. The summed E-state index contributed by atoms with van der Waals surface area (Å²) in [7, 11) is 0. The van der Waals surface area contributed by atoms with E-state index in [1.165, 1.54) is 17.0 Å². The van der Waals surface area contributed by atoms with Crippen molar-refractivity contribution in [1.82, 2.24) is 0 Å². The van der Waals surface area contributed by atoms with Crippen LogP contribution < -0.4 is 9.80 Å². The van der Waals surface area contributed by atoms with Crippen LogP contribution in [-0.2, 0) is 12.7 Å². The van der Waals surface area contributed by atoms with Crippen molar-refractivity contribution in [2.45, 2.75) is 19.6 Å².